The molecule has 0 aliphatic carbocycles. The van der Waals surface area contributed by atoms with Gasteiger partial charge >= 0.3 is 0 Å². The zero-order valence-corrected chi connectivity index (χ0v) is 10.8. The van der Waals surface area contributed by atoms with Crippen molar-refractivity contribution < 1.29 is 4.39 Å². The van der Waals surface area contributed by atoms with Gasteiger partial charge in [-0.25, -0.2) is 14.4 Å². The van der Waals surface area contributed by atoms with E-state index in [0.29, 0.717) is 17.0 Å². The largest absolute Gasteiger partial charge is 0.340 e. The van der Waals surface area contributed by atoms with Crippen molar-refractivity contribution >= 4 is 34.1 Å². The number of halogens is 2. The second kappa shape index (κ2) is 4.90. The Kier molecular flexibility index (Phi) is 3.08. The molecule has 0 aliphatic rings. The van der Waals surface area contributed by atoms with E-state index < -0.39 is 5.82 Å². The van der Waals surface area contributed by atoms with Crippen LogP contribution in [-0.4, -0.2) is 15.0 Å². The highest BCUT2D eigenvalue weighted by molar-refractivity contribution is 6.31. The van der Waals surface area contributed by atoms with E-state index in [0.717, 1.165) is 0 Å². The number of rotatable bonds is 2. The predicted octanol–water partition coefficient (Wildman–Crippen LogP) is 2.85. The van der Waals surface area contributed by atoms with Crippen molar-refractivity contribution in [2.75, 3.05) is 5.32 Å². The summed E-state index contributed by atoms with van der Waals surface area (Å²) in [6, 6.07) is 7.56. The van der Waals surface area contributed by atoms with E-state index in [9.17, 15) is 9.18 Å². The number of benzene rings is 1. The van der Waals surface area contributed by atoms with Gasteiger partial charge in [-0.05, 0) is 30.3 Å². The highest BCUT2D eigenvalue weighted by Gasteiger charge is 2.05. The number of H-pyrrole nitrogens is 1. The molecule has 20 heavy (non-hydrogen) atoms. The lowest BCUT2D eigenvalue weighted by Crippen LogP contribution is -2.09. The van der Waals surface area contributed by atoms with E-state index in [-0.39, 0.29) is 16.1 Å². The number of nitrogens with zero attached hydrogens (tertiary/aromatic N) is 2. The van der Waals surface area contributed by atoms with E-state index in [1.54, 1.807) is 12.1 Å². The van der Waals surface area contributed by atoms with Gasteiger partial charge < -0.3 is 10.3 Å². The first-order valence-electron chi connectivity index (χ1n) is 5.70. The third-order valence-corrected chi connectivity index (χ3v) is 2.97. The SMILES string of the molecule is O=c1[nH]cnc2ccc(Nc3ccc(F)c(Cl)c3)nc12. The Morgan fingerprint density at radius 3 is 2.90 bits per heavy atom. The Balaban J connectivity index is 2.00. The average Bonchev–Trinajstić information content (AvgIpc) is 2.44. The Morgan fingerprint density at radius 1 is 1.25 bits per heavy atom. The van der Waals surface area contributed by atoms with Crippen LogP contribution < -0.4 is 10.9 Å². The topological polar surface area (TPSA) is 70.7 Å². The molecule has 2 heterocycles. The molecule has 3 aromatic rings. The molecule has 0 radical (unpaired) electrons. The highest BCUT2D eigenvalue weighted by Crippen LogP contribution is 2.22. The van der Waals surface area contributed by atoms with Gasteiger partial charge in [-0.2, -0.15) is 0 Å². The molecule has 0 amide bonds. The fraction of sp³-hybridized carbons (Fsp3) is 0. The van der Waals surface area contributed by atoms with Gasteiger partial charge in [-0.3, -0.25) is 4.79 Å². The smallest absolute Gasteiger partial charge is 0.277 e. The van der Waals surface area contributed by atoms with E-state index in [4.69, 9.17) is 11.6 Å². The van der Waals surface area contributed by atoms with E-state index in [1.807, 2.05) is 0 Å². The summed E-state index contributed by atoms with van der Waals surface area (Å²) in [7, 11) is 0. The van der Waals surface area contributed by atoms with E-state index in [2.05, 4.69) is 20.3 Å². The summed E-state index contributed by atoms with van der Waals surface area (Å²) >= 11 is 5.70. The highest BCUT2D eigenvalue weighted by atomic mass is 35.5. The Morgan fingerprint density at radius 2 is 2.10 bits per heavy atom. The van der Waals surface area contributed by atoms with Crippen molar-refractivity contribution in [1.29, 1.82) is 0 Å². The van der Waals surface area contributed by atoms with Gasteiger partial charge in [0.2, 0.25) is 0 Å². The van der Waals surface area contributed by atoms with Gasteiger partial charge in [0.15, 0.2) is 5.52 Å². The Labute approximate surface area is 117 Å². The van der Waals surface area contributed by atoms with E-state index in [1.165, 1.54) is 24.5 Å². The molecule has 0 spiro atoms. The van der Waals surface area contributed by atoms with Crippen molar-refractivity contribution in [1.82, 2.24) is 15.0 Å². The lowest BCUT2D eigenvalue weighted by Gasteiger charge is -2.06. The molecule has 5 nitrogen and oxygen atoms in total. The minimum Gasteiger partial charge on any atom is -0.340 e. The van der Waals surface area contributed by atoms with Gasteiger partial charge in [0.05, 0.1) is 16.9 Å². The van der Waals surface area contributed by atoms with Crippen molar-refractivity contribution in [2.45, 2.75) is 0 Å². The lowest BCUT2D eigenvalue weighted by molar-refractivity contribution is 0.628. The lowest BCUT2D eigenvalue weighted by atomic mass is 10.3. The van der Waals surface area contributed by atoms with Gasteiger partial charge in [0.25, 0.3) is 5.56 Å². The van der Waals surface area contributed by atoms with Crippen LogP contribution in [-0.2, 0) is 0 Å². The first-order valence-corrected chi connectivity index (χ1v) is 6.08. The van der Waals surface area contributed by atoms with Crippen molar-refractivity contribution in [3.8, 4) is 0 Å². The van der Waals surface area contributed by atoms with Crippen LogP contribution in [0.25, 0.3) is 11.0 Å². The molecule has 0 unspecified atom stereocenters. The molecule has 0 atom stereocenters. The summed E-state index contributed by atoms with van der Waals surface area (Å²) in [4.78, 5) is 22.2. The molecule has 3 rings (SSSR count). The predicted molar refractivity (Wildman–Crippen MR) is 74.9 cm³/mol. The number of hydrogen-bond acceptors (Lipinski definition) is 4. The van der Waals surface area contributed by atoms with Crippen LogP contribution in [0, 0.1) is 5.82 Å². The summed E-state index contributed by atoms with van der Waals surface area (Å²) in [5, 5.41) is 2.96. The molecule has 0 saturated heterocycles. The number of fused-ring (bicyclic) bond motifs is 1. The molecular weight excluding hydrogens is 283 g/mol. The van der Waals surface area contributed by atoms with Crippen LogP contribution in [0.5, 0.6) is 0 Å². The Hall–Kier alpha value is -2.47. The second-order valence-corrected chi connectivity index (χ2v) is 4.46. The number of aromatic nitrogens is 3. The van der Waals surface area contributed by atoms with Gasteiger partial charge in [0, 0.05) is 5.69 Å². The zero-order valence-electron chi connectivity index (χ0n) is 10.0. The minimum atomic E-state index is -0.496. The molecule has 0 bridgehead atoms. The quantitative estimate of drug-likeness (QED) is 0.761. The van der Waals surface area contributed by atoms with Gasteiger partial charge in [-0.1, -0.05) is 11.6 Å². The third kappa shape index (κ3) is 2.33. The average molecular weight is 291 g/mol. The summed E-state index contributed by atoms with van der Waals surface area (Å²) < 4.78 is 13.1. The molecule has 2 N–H and O–H groups in total. The van der Waals surface area contributed by atoms with Crippen molar-refractivity contribution in [3.05, 3.63) is 57.9 Å². The van der Waals surface area contributed by atoms with Gasteiger partial charge in [0.1, 0.15) is 11.6 Å². The molecule has 0 aliphatic heterocycles. The molecule has 0 fully saturated rings. The third-order valence-electron chi connectivity index (χ3n) is 2.68. The second-order valence-electron chi connectivity index (χ2n) is 4.05. The normalized spacial score (nSPS) is 10.7. The minimum absolute atomic E-state index is 0.00954. The van der Waals surface area contributed by atoms with Crippen LogP contribution in [0.3, 0.4) is 0 Å². The molecule has 7 heteroatoms. The number of pyridine rings is 1. The summed E-state index contributed by atoms with van der Waals surface area (Å²) in [5.41, 5.74) is 0.974. The van der Waals surface area contributed by atoms with Gasteiger partial charge in [-0.15, -0.1) is 0 Å². The summed E-state index contributed by atoms with van der Waals surface area (Å²) in [5.74, 6) is -0.0528. The number of nitrogens with one attached hydrogen (secondary N) is 2. The van der Waals surface area contributed by atoms with Crippen molar-refractivity contribution in [2.24, 2.45) is 0 Å². The molecular formula is C13H8ClFN4O. The summed E-state index contributed by atoms with van der Waals surface area (Å²) in [6.07, 6.45) is 1.32. The Bertz CT molecular complexity index is 849. The fourth-order valence-electron chi connectivity index (χ4n) is 1.74. The number of hydrogen-bond donors (Lipinski definition) is 2. The maximum atomic E-state index is 13.1. The first-order chi connectivity index (χ1) is 9.63. The molecule has 1 aromatic carbocycles. The molecule has 100 valence electrons. The van der Waals surface area contributed by atoms with Crippen LogP contribution in [0.15, 0.2) is 41.5 Å². The molecule has 0 saturated carbocycles. The maximum absolute atomic E-state index is 13.1. The van der Waals surface area contributed by atoms with E-state index >= 15 is 0 Å². The maximum Gasteiger partial charge on any atom is 0.277 e. The van der Waals surface area contributed by atoms with Crippen LogP contribution in [0.4, 0.5) is 15.9 Å². The number of aromatic amines is 1. The monoisotopic (exact) mass is 290 g/mol. The molecule has 2 aromatic heterocycles. The zero-order chi connectivity index (χ0) is 14.1. The standard InChI is InChI=1S/C13H8ClFN4O/c14-8-5-7(1-2-9(8)15)18-11-4-3-10-12(19-11)13(20)17-6-16-10/h1-6H,(H,18,19)(H,16,17,20). The fourth-order valence-corrected chi connectivity index (χ4v) is 1.92. The van der Waals surface area contributed by atoms with Crippen molar-refractivity contribution in [3.63, 3.8) is 0 Å². The first kappa shape index (κ1) is 12.6. The summed E-state index contributed by atoms with van der Waals surface area (Å²) in [6.45, 7) is 0. The van der Waals surface area contributed by atoms with Crippen LogP contribution in [0.2, 0.25) is 5.02 Å². The van der Waals surface area contributed by atoms with Crippen LogP contribution in [0.1, 0.15) is 0 Å². The number of anilines is 2. The van der Waals surface area contributed by atoms with Crippen LogP contribution >= 0.6 is 11.6 Å².